The zero-order chi connectivity index (χ0) is 11.4. The largest absolute Gasteiger partial charge is 0.381 e. The van der Waals surface area contributed by atoms with Crippen LogP contribution in [-0.4, -0.2) is 0 Å². The van der Waals surface area contributed by atoms with Crippen molar-refractivity contribution in [1.82, 2.24) is 0 Å². The number of hydrogen-bond donors (Lipinski definition) is 0. The Morgan fingerprint density at radius 3 is 2.25 bits per heavy atom. The fraction of sp³-hybridized carbons (Fsp3) is 0.143. The van der Waals surface area contributed by atoms with Crippen LogP contribution in [0, 0.1) is 6.92 Å². The van der Waals surface area contributed by atoms with E-state index in [9.17, 15) is 4.57 Å². The molecule has 2 heteroatoms. The van der Waals surface area contributed by atoms with Gasteiger partial charge in [-0.25, -0.2) is 0 Å². The molecule has 0 spiro atoms. The fourth-order valence-corrected chi connectivity index (χ4v) is 2.98. The Hall–Kier alpha value is -1.46. The van der Waals surface area contributed by atoms with Crippen molar-refractivity contribution in [2.45, 2.75) is 13.1 Å². The van der Waals surface area contributed by atoms with Gasteiger partial charge >= 0.3 is 7.80 Å². The standard InChI is InChI=1S/C14H14OP/c1-12-7-5-6-8-13(12)11-16(15)14-9-3-2-4-10-14/h2-10H,11H2,1H3/q+1. The molecule has 0 aliphatic heterocycles. The highest BCUT2D eigenvalue weighted by molar-refractivity contribution is 7.52. The third-order valence-electron chi connectivity index (χ3n) is 2.62. The van der Waals surface area contributed by atoms with Gasteiger partial charge in [-0.3, -0.25) is 0 Å². The van der Waals surface area contributed by atoms with E-state index in [4.69, 9.17) is 0 Å². The summed E-state index contributed by atoms with van der Waals surface area (Å²) in [5, 5.41) is 0.931. The first-order chi connectivity index (χ1) is 7.77. The van der Waals surface area contributed by atoms with E-state index in [-0.39, 0.29) is 0 Å². The predicted octanol–water partition coefficient (Wildman–Crippen LogP) is 3.65. The topological polar surface area (TPSA) is 17.1 Å². The molecule has 0 saturated heterocycles. The van der Waals surface area contributed by atoms with Crippen LogP contribution in [0.3, 0.4) is 0 Å². The number of benzene rings is 2. The molecule has 0 aromatic heterocycles. The Bertz CT molecular complexity index is 491. The minimum Gasteiger partial charge on any atom is -0.0677 e. The van der Waals surface area contributed by atoms with Crippen molar-refractivity contribution in [1.29, 1.82) is 0 Å². The summed E-state index contributed by atoms with van der Waals surface area (Å²) in [6.45, 7) is 2.06. The zero-order valence-corrected chi connectivity index (χ0v) is 10.2. The molecule has 0 heterocycles. The van der Waals surface area contributed by atoms with Crippen LogP contribution in [-0.2, 0) is 10.7 Å². The molecule has 1 unspecified atom stereocenters. The molecule has 0 amide bonds. The fourth-order valence-electron chi connectivity index (χ4n) is 1.63. The van der Waals surface area contributed by atoms with Crippen molar-refractivity contribution in [3.8, 4) is 0 Å². The normalized spacial score (nSPS) is 11.2. The molecule has 0 saturated carbocycles. The van der Waals surface area contributed by atoms with E-state index in [1.165, 1.54) is 11.1 Å². The Kier molecular flexibility index (Phi) is 3.48. The summed E-state index contributed by atoms with van der Waals surface area (Å²) in [7, 11) is -1.32. The molecule has 0 aliphatic rings. The monoisotopic (exact) mass is 229 g/mol. The van der Waals surface area contributed by atoms with Crippen molar-refractivity contribution in [2.24, 2.45) is 0 Å². The molecular weight excluding hydrogens is 215 g/mol. The second kappa shape index (κ2) is 5.05. The van der Waals surface area contributed by atoms with E-state index in [2.05, 4.69) is 13.0 Å². The van der Waals surface area contributed by atoms with Crippen molar-refractivity contribution < 1.29 is 4.57 Å². The highest BCUT2D eigenvalue weighted by Gasteiger charge is 2.20. The molecule has 80 valence electrons. The lowest BCUT2D eigenvalue weighted by atomic mass is 10.1. The van der Waals surface area contributed by atoms with Gasteiger partial charge in [0.25, 0.3) is 0 Å². The van der Waals surface area contributed by atoms with Gasteiger partial charge in [-0.1, -0.05) is 47.0 Å². The molecule has 2 aromatic rings. The van der Waals surface area contributed by atoms with Crippen LogP contribution in [0.1, 0.15) is 11.1 Å². The Morgan fingerprint density at radius 2 is 1.56 bits per heavy atom. The maximum atomic E-state index is 12.1. The van der Waals surface area contributed by atoms with Gasteiger partial charge in [-0.15, -0.1) is 0 Å². The lowest BCUT2D eigenvalue weighted by molar-refractivity contribution is 0.592. The Morgan fingerprint density at radius 1 is 0.938 bits per heavy atom. The van der Waals surface area contributed by atoms with Crippen LogP contribution < -0.4 is 5.30 Å². The van der Waals surface area contributed by atoms with E-state index in [0.29, 0.717) is 6.16 Å². The lowest BCUT2D eigenvalue weighted by Crippen LogP contribution is -1.97. The second-order valence-corrected chi connectivity index (χ2v) is 5.39. The van der Waals surface area contributed by atoms with Crippen LogP contribution in [0.2, 0.25) is 0 Å². The van der Waals surface area contributed by atoms with E-state index in [1.54, 1.807) is 0 Å². The molecule has 0 bridgehead atoms. The molecule has 0 aliphatic carbocycles. The van der Waals surface area contributed by atoms with Gasteiger partial charge in [0.2, 0.25) is 0 Å². The maximum Gasteiger partial charge on any atom is 0.381 e. The lowest BCUT2D eigenvalue weighted by Gasteiger charge is -1.97. The van der Waals surface area contributed by atoms with E-state index < -0.39 is 7.80 Å². The summed E-state index contributed by atoms with van der Waals surface area (Å²) < 4.78 is 12.1. The van der Waals surface area contributed by atoms with Crippen LogP contribution >= 0.6 is 7.80 Å². The smallest absolute Gasteiger partial charge is 0.0677 e. The predicted molar refractivity (Wildman–Crippen MR) is 68.6 cm³/mol. The van der Waals surface area contributed by atoms with Gasteiger partial charge in [0, 0.05) is 5.56 Å². The number of rotatable bonds is 3. The van der Waals surface area contributed by atoms with E-state index in [1.807, 2.05) is 48.5 Å². The minimum atomic E-state index is -1.32. The summed E-state index contributed by atoms with van der Waals surface area (Å²) >= 11 is 0. The minimum absolute atomic E-state index is 0.631. The quantitative estimate of drug-likeness (QED) is 0.734. The molecule has 2 aromatic carbocycles. The van der Waals surface area contributed by atoms with Gasteiger partial charge < -0.3 is 0 Å². The van der Waals surface area contributed by atoms with Crippen LogP contribution in [0.25, 0.3) is 0 Å². The summed E-state index contributed by atoms with van der Waals surface area (Å²) in [5.74, 6) is 0. The van der Waals surface area contributed by atoms with Crippen molar-refractivity contribution in [3.05, 3.63) is 65.7 Å². The number of aryl methyl sites for hydroxylation is 1. The van der Waals surface area contributed by atoms with Crippen LogP contribution in [0.5, 0.6) is 0 Å². The van der Waals surface area contributed by atoms with Crippen molar-refractivity contribution in [3.63, 3.8) is 0 Å². The van der Waals surface area contributed by atoms with Gasteiger partial charge in [0.1, 0.15) is 0 Å². The Balaban J connectivity index is 2.18. The molecule has 0 N–H and O–H groups in total. The van der Waals surface area contributed by atoms with Crippen molar-refractivity contribution in [2.75, 3.05) is 0 Å². The van der Waals surface area contributed by atoms with E-state index in [0.717, 1.165) is 5.30 Å². The molecule has 1 atom stereocenters. The summed E-state index contributed by atoms with van der Waals surface area (Å²) in [6, 6.07) is 17.8. The summed E-state index contributed by atoms with van der Waals surface area (Å²) in [4.78, 5) is 0. The summed E-state index contributed by atoms with van der Waals surface area (Å²) in [5.41, 5.74) is 2.38. The average molecular weight is 229 g/mol. The van der Waals surface area contributed by atoms with Crippen LogP contribution in [0.4, 0.5) is 0 Å². The van der Waals surface area contributed by atoms with Gasteiger partial charge in [0.15, 0.2) is 11.5 Å². The first kappa shape index (κ1) is 11.0. The first-order valence-electron chi connectivity index (χ1n) is 5.31. The summed E-state index contributed by atoms with van der Waals surface area (Å²) in [6.07, 6.45) is 0.631. The SMILES string of the molecule is Cc1ccccc1C[P+](=O)c1ccccc1. The molecule has 1 nitrogen and oxygen atoms in total. The molecule has 2 rings (SSSR count). The Labute approximate surface area is 96.9 Å². The highest BCUT2D eigenvalue weighted by Crippen LogP contribution is 2.27. The van der Waals surface area contributed by atoms with Gasteiger partial charge in [0.05, 0.1) is 0 Å². The third kappa shape index (κ3) is 2.56. The van der Waals surface area contributed by atoms with Crippen molar-refractivity contribution >= 4 is 13.1 Å². The van der Waals surface area contributed by atoms with Gasteiger partial charge in [-0.05, 0) is 24.6 Å². The van der Waals surface area contributed by atoms with Gasteiger partial charge in [-0.2, -0.15) is 0 Å². The molecule has 0 fully saturated rings. The number of hydrogen-bond acceptors (Lipinski definition) is 1. The van der Waals surface area contributed by atoms with E-state index >= 15 is 0 Å². The van der Waals surface area contributed by atoms with Crippen LogP contribution in [0.15, 0.2) is 54.6 Å². The maximum absolute atomic E-state index is 12.1. The second-order valence-electron chi connectivity index (χ2n) is 3.80. The molecular formula is C14H14OP+. The molecule has 16 heavy (non-hydrogen) atoms. The highest BCUT2D eigenvalue weighted by atomic mass is 31.1. The average Bonchev–Trinajstić information content (AvgIpc) is 2.33. The zero-order valence-electron chi connectivity index (χ0n) is 9.26. The third-order valence-corrected chi connectivity index (χ3v) is 4.12. The molecule has 0 radical (unpaired) electrons. The first-order valence-corrected chi connectivity index (χ1v) is 6.76.